The van der Waals surface area contributed by atoms with Crippen molar-refractivity contribution in [2.75, 3.05) is 26.7 Å². The van der Waals surface area contributed by atoms with Crippen LogP contribution in [0, 0.1) is 5.92 Å². The summed E-state index contributed by atoms with van der Waals surface area (Å²) in [7, 11) is 1.84. The Morgan fingerprint density at radius 1 is 1.41 bits per heavy atom. The van der Waals surface area contributed by atoms with Crippen molar-refractivity contribution < 1.29 is 4.74 Å². The van der Waals surface area contributed by atoms with Gasteiger partial charge in [-0.2, -0.15) is 0 Å². The first-order chi connectivity index (χ1) is 8.24. The van der Waals surface area contributed by atoms with Crippen LogP contribution in [0.1, 0.15) is 45.4 Å². The number of rotatable bonds is 4. The van der Waals surface area contributed by atoms with Gasteiger partial charge in [-0.3, -0.25) is 4.90 Å². The van der Waals surface area contributed by atoms with Crippen molar-refractivity contribution in [3.05, 3.63) is 0 Å². The highest BCUT2D eigenvalue weighted by Crippen LogP contribution is 2.37. The molecular weight excluding hydrogens is 212 g/mol. The SMILES string of the molecule is CCC1CCN(C2(CN)CCCC(OC)C2)C1. The predicted octanol–water partition coefficient (Wildman–Crippen LogP) is 2.00. The second-order valence-electron chi connectivity index (χ2n) is 5.89. The predicted molar refractivity (Wildman–Crippen MR) is 71.0 cm³/mol. The van der Waals surface area contributed by atoms with E-state index in [2.05, 4.69) is 11.8 Å². The minimum Gasteiger partial charge on any atom is -0.381 e. The monoisotopic (exact) mass is 240 g/mol. The van der Waals surface area contributed by atoms with Gasteiger partial charge in [-0.15, -0.1) is 0 Å². The fourth-order valence-corrected chi connectivity index (χ4v) is 3.69. The maximum atomic E-state index is 6.12. The van der Waals surface area contributed by atoms with E-state index in [9.17, 15) is 0 Å². The van der Waals surface area contributed by atoms with Crippen molar-refractivity contribution in [1.29, 1.82) is 0 Å². The van der Waals surface area contributed by atoms with Gasteiger partial charge in [0.25, 0.3) is 0 Å². The number of nitrogens with two attached hydrogens (primary N) is 1. The van der Waals surface area contributed by atoms with Gasteiger partial charge in [0.1, 0.15) is 0 Å². The van der Waals surface area contributed by atoms with Crippen LogP contribution in [0.4, 0.5) is 0 Å². The normalized spacial score (nSPS) is 39.7. The van der Waals surface area contributed by atoms with Crippen LogP contribution in [0.2, 0.25) is 0 Å². The van der Waals surface area contributed by atoms with Crippen LogP contribution in [-0.2, 0) is 4.74 Å². The van der Waals surface area contributed by atoms with E-state index < -0.39 is 0 Å². The minimum atomic E-state index is 0.239. The maximum absolute atomic E-state index is 6.12. The maximum Gasteiger partial charge on any atom is 0.0589 e. The molecule has 0 spiro atoms. The highest BCUT2D eigenvalue weighted by Gasteiger charge is 2.42. The molecule has 1 heterocycles. The zero-order chi connectivity index (χ0) is 12.3. The van der Waals surface area contributed by atoms with Crippen molar-refractivity contribution >= 4 is 0 Å². The van der Waals surface area contributed by atoms with Crippen molar-refractivity contribution in [2.45, 2.75) is 57.1 Å². The quantitative estimate of drug-likeness (QED) is 0.817. The van der Waals surface area contributed by atoms with Crippen LogP contribution in [0.5, 0.6) is 0 Å². The topological polar surface area (TPSA) is 38.5 Å². The summed E-state index contributed by atoms with van der Waals surface area (Å²) in [5.41, 5.74) is 6.36. The van der Waals surface area contributed by atoms with Crippen molar-refractivity contribution in [3.63, 3.8) is 0 Å². The third-order valence-corrected chi connectivity index (χ3v) is 5.02. The Kier molecular flexibility index (Phi) is 4.45. The highest BCUT2D eigenvalue weighted by atomic mass is 16.5. The van der Waals surface area contributed by atoms with Crippen molar-refractivity contribution in [1.82, 2.24) is 4.90 Å². The second-order valence-corrected chi connectivity index (χ2v) is 5.89. The molecule has 2 N–H and O–H groups in total. The first-order valence-corrected chi connectivity index (χ1v) is 7.22. The number of methoxy groups -OCH3 is 1. The molecule has 0 radical (unpaired) electrons. The lowest BCUT2D eigenvalue weighted by molar-refractivity contribution is -0.0142. The van der Waals surface area contributed by atoms with Gasteiger partial charge in [-0.25, -0.2) is 0 Å². The van der Waals surface area contributed by atoms with Crippen molar-refractivity contribution in [3.8, 4) is 0 Å². The highest BCUT2D eigenvalue weighted by molar-refractivity contribution is 4.99. The Hall–Kier alpha value is -0.120. The third-order valence-electron chi connectivity index (χ3n) is 5.02. The molecule has 3 nitrogen and oxygen atoms in total. The molecule has 0 aromatic rings. The molecule has 100 valence electrons. The average Bonchev–Trinajstić information content (AvgIpc) is 2.88. The Morgan fingerprint density at radius 3 is 2.82 bits per heavy atom. The number of hydrogen-bond acceptors (Lipinski definition) is 3. The molecule has 1 aliphatic carbocycles. The Morgan fingerprint density at radius 2 is 2.24 bits per heavy atom. The van der Waals surface area contributed by atoms with Crippen LogP contribution in [0.25, 0.3) is 0 Å². The van der Waals surface area contributed by atoms with E-state index in [1.54, 1.807) is 0 Å². The number of ether oxygens (including phenoxy) is 1. The van der Waals surface area contributed by atoms with Gasteiger partial charge in [0.2, 0.25) is 0 Å². The molecule has 0 amide bonds. The zero-order valence-electron chi connectivity index (χ0n) is 11.5. The first-order valence-electron chi connectivity index (χ1n) is 7.22. The van der Waals surface area contributed by atoms with Gasteiger partial charge in [0, 0.05) is 25.7 Å². The van der Waals surface area contributed by atoms with Gasteiger partial charge < -0.3 is 10.5 Å². The third kappa shape index (κ3) is 2.67. The summed E-state index contributed by atoms with van der Waals surface area (Å²) in [6, 6.07) is 0. The van der Waals surface area contributed by atoms with E-state index in [1.165, 1.54) is 45.2 Å². The first kappa shape index (κ1) is 13.3. The summed E-state index contributed by atoms with van der Waals surface area (Å²) in [5.74, 6) is 0.890. The van der Waals surface area contributed by atoms with Crippen LogP contribution in [-0.4, -0.2) is 43.3 Å². The summed E-state index contributed by atoms with van der Waals surface area (Å²) in [6.45, 7) is 5.60. The smallest absolute Gasteiger partial charge is 0.0589 e. The summed E-state index contributed by atoms with van der Waals surface area (Å²) in [6.07, 6.45) is 7.97. The van der Waals surface area contributed by atoms with Crippen molar-refractivity contribution in [2.24, 2.45) is 11.7 Å². The Bertz CT molecular complexity index is 246. The standard InChI is InChI=1S/C14H28N2O/c1-3-12-6-8-16(10-12)14(11-15)7-4-5-13(9-14)17-2/h12-13H,3-11,15H2,1-2H3. The lowest BCUT2D eigenvalue weighted by Crippen LogP contribution is -2.56. The molecule has 3 atom stereocenters. The molecule has 0 aromatic carbocycles. The molecule has 3 unspecified atom stereocenters. The van der Waals surface area contributed by atoms with E-state index >= 15 is 0 Å². The van der Waals surface area contributed by atoms with Crippen LogP contribution < -0.4 is 5.73 Å². The summed E-state index contributed by atoms with van der Waals surface area (Å²) in [5, 5.41) is 0. The second kappa shape index (κ2) is 5.68. The van der Waals surface area contributed by atoms with Gasteiger partial charge in [0.15, 0.2) is 0 Å². The molecule has 2 aliphatic rings. The molecule has 1 saturated carbocycles. The number of nitrogens with zero attached hydrogens (tertiary/aromatic N) is 1. The number of hydrogen-bond donors (Lipinski definition) is 1. The average molecular weight is 240 g/mol. The van der Waals surface area contributed by atoms with E-state index in [0.717, 1.165) is 18.9 Å². The van der Waals surface area contributed by atoms with Gasteiger partial charge in [-0.1, -0.05) is 13.3 Å². The molecule has 17 heavy (non-hydrogen) atoms. The lowest BCUT2D eigenvalue weighted by Gasteiger charge is -2.46. The van der Waals surface area contributed by atoms with E-state index in [-0.39, 0.29) is 5.54 Å². The van der Waals surface area contributed by atoms with Crippen LogP contribution in [0.15, 0.2) is 0 Å². The fourth-order valence-electron chi connectivity index (χ4n) is 3.69. The van der Waals surface area contributed by atoms with Crippen LogP contribution >= 0.6 is 0 Å². The molecule has 2 fully saturated rings. The largest absolute Gasteiger partial charge is 0.381 e. The molecule has 1 aliphatic heterocycles. The Balaban J connectivity index is 2.03. The molecule has 3 heteroatoms. The molecule has 0 aromatic heterocycles. The zero-order valence-corrected chi connectivity index (χ0v) is 11.5. The summed E-state index contributed by atoms with van der Waals surface area (Å²) < 4.78 is 5.58. The van der Waals surface area contributed by atoms with E-state index in [4.69, 9.17) is 10.5 Å². The molecule has 0 bridgehead atoms. The van der Waals surface area contributed by atoms with Gasteiger partial charge in [-0.05, 0) is 44.6 Å². The number of likely N-dealkylation sites (tertiary alicyclic amines) is 1. The minimum absolute atomic E-state index is 0.239. The summed E-state index contributed by atoms with van der Waals surface area (Å²) >= 11 is 0. The van der Waals surface area contributed by atoms with Gasteiger partial charge >= 0.3 is 0 Å². The van der Waals surface area contributed by atoms with E-state index in [1.807, 2.05) is 7.11 Å². The molecular formula is C14H28N2O. The Labute approximate surface area is 106 Å². The fraction of sp³-hybridized carbons (Fsp3) is 1.00. The van der Waals surface area contributed by atoms with E-state index in [0.29, 0.717) is 6.10 Å². The van der Waals surface area contributed by atoms with Crippen LogP contribution in [0.3, 0.4) is 0 Å². The molecule has 1 saturated heterocycles. The molecule has 2 rings (SSSR count). The summed E-state index contributed by atoms with van der Waals surface area (Å²) in [4.78, 5) is 2.67. The van der Waals surface area contributed by atoms with Gasteiger partial charge in [0.05, 0.1) is 6.10 Å². The lowest BCUT2D eigenvalue weighted by atomic mass is 9.78.